The Hall–Kier alpha value is -2.22. The van der Waals surface area contributed by atoms with Crippen molar-refractivity contribution in [1.82, 2.24) is 30.1 Å². The normalized spacial score (nSPS) is 12.3. The molecular weight excluding hydrogens is 258 g/mol. The van der Waals surface area contributed by atoms with Gasteiger partial charge in [0.25, 0.3) is 5.91 Å². The number of carbonyl (C=O) groups is 1. The zero-order valence-corrected chi connectivity index (χ0v) is 11.7. The molecular formula is C12H19N7O. The molecule has 2 aromatic heterocycles. The van der Waals surface area contributed by atoms with Crippen LogP contribution >= 0.6 is 0 Å². The van der Waals surface area contributed by atoms with Crippen molar-refractivity contribution in [3.63, 3.8) is 0 Å². The summed E-state index contributed by atoms with van der Waals surface area (Å²) in [5.74, 6) is -0.249. The third kappa shape index (κ3) is 3.02. The highest BCUT2D eigenvalue weighted by Gasteiger charge is 2.18. The van der Waals surface area contributed by atoms with Gasteiger partial charge in [0.1, 0.15) is 0 Å². The standard InChI is InChI=1S/C12H19N7O/c1-3-9(11-4-6-14-18(11)2)15-12(20)10-8-19(7-5-13)17-16-10/h4,6,8-9H,3,5,7,13H2,1-2H3,(H,15,20)/t9-/m0/s1. The van der Waals surface area contributed by atoms with Crippen molar-refractivity contribution in [3.05, 3.63) is 29.8 Å². The zero-order valence-electron chi connectivity index (χ0n) is 11.7. The SMILES string of the molecule is CC[C@H](NC(=O)c1cn(CCN)nn1)c1ccnn1C. The predicted octanol–water partition coefficient (Wildman–Crippen LogP) is -0.149. The molecule has 20 heavy (non-hydrogen) atoms. The largest absolute Gasteiger partial charge is 0.342 e. The van der Waals surface area contributed by atoms with Crippen LogP contribution in [-0.4, -0.2) is 37.2 Å². The average molecular weight is 277 g/mol. The van der Waals surface area contributed by atoms with Gasteiger partial charge in [0.05, 0.1) is 24.5 Å². The van der Waals surface area contributed by atoms with Gasteiger partial charge >= 0.3 is 0 Å². The Kier molecular flexibility index (Phi) is 4.46. The van der Waals surface area contributed by atoms with Gasteiger partial charge < -0.3 is 11.1 Å². The minimum absolute atomic E-state index is 0.102. The van der Waals surface area contributed by atoms with Crippen molar-refractivity contribution >= 4 is 5.91 Å². The van der Waals surface area contributed by atoms with Gasteiger partial charge in [-0.05, 0) is 12.5 Å². The first-order valence-electron chi connectivity index (χ1n) is 6.54. The lowest BCUT2D eigenvalue weighted by atomic mass is 10.1. The van der Waals surface area contributed by atoms with E-state index >= 15 is 0 Å². The summed E-state index contributed by atoms with van der Waals surface area (Å²) >= 11 is 0. The molecule has 0 aliphatic heterocycles. The van der Waals surface area contributed by atoms with Gasteiger partial charge in [0.2, 0.25) is 0 Å². The van der Waals surface area contributed by atoms with Crippen LogP contribution < -0.4 is 11.1 Å². The zero-order chi connectivity index (χ0) is 14.5. The number of nitrogens with two attached hydrogens (primary N) is 1. The Morgan fingerprint density at radius 1 is 1.55 bits per heavy atom. The smallest absolute Gasteiger partial charge is 0.273 e. The monoisotopic (exact) mass is 277 g/mol. The summed E-state index contributed by atoms with van der Waals surface area (Å²) in [4.78, 5) is 12.2. The summed E-state index contributed by atoms with van der Waals surface area (Å²) < 4.78 is 3.31. The minimum atomic E-state index is -0.249. The Bertz CT molecular complexity index is 574. The van der Waals surface area contributed by atoms with Crippen LogP contribution in [0.25, 0.3) is 0 Å². The first-order chi connectivity index (χ1) is 9.65. The minimum Gasteiger partial charge on any atom is -0.342 e. The lowest BCUT2D eigenvalue weighted by Gasteiger charge is -2.16. The fraction of sp³-hybridized carbons (Fsp3) is 0.500. The van der Waals surface area contributed by atoms with Crippen LogP contribution in [-0.2, 0) is 13.6 Å². The molecule has 0 saturated carbocycles. The summed E-state index contributed by atoms with van der Waals surface area (Å²) in [6, 6.07) is 1.79. The highest BCUT2D eigenvalue weighted by atomic mass is 16.2. The topological polar surface area (TPSA) is 104 Å². The number of nitrogens with one attached hydrogen (secondary N) is 1. The van der Waals surface area contributed by atoms with E-state index in [1.165, 1.54) is 0 Å². The van der Waals surface area contributed by atoms with E-state index in [4.69, 9.17) is 5.73 Å². The number of hydrogen-bond donors (Lipinski definition) is 2. The fourth-order valence-corrected chi connectivity index (χ4v) is 1.99. The number of amides is 1. The second kappa shape index (κ2) is 6.29. The Labute approximate surface area is 116 Å². The van der Waals surface area contributed by atoms with Gasteiger partial charge in [-0.3, -0.25) is 14.2 Å². The summed E-state index contributed by atoms with van der Waals surface area (Å²) in [6.45, 7) is 3.00. The average Bonchev–Trinajstić information content (AvgIpc) is 3.05. The lowest BCUT2D eigenvalue weighted by Crippen LogP contribution is -2.29. The van der Waals surface area contributed by atoms with Gasteiger partial charge in [0, 0.05) is 19.8 Å². The second-order valence-corrected chi connectivity index (χ2v) is 4.47. The molecule has 0 saturated heterocycles. The molecule has 0 aromatic carbocycles. The van der Waals surface area contributed by atoms with Crippen LogP contribution in [0.3, 0.4) is 0 Å². The first-order valence-corrected chi connectivity index (χ1v) is 6.54. The summed E-state index contributed by atoms with van der Waals surface area (Å²) in [5.41, 5.74) is 6.67. The van der Waals surface area contributed by atoms with Crippen molar-refractivity contribution < 1.29 is 4.79 Å². The highest BCUT2D eigenvalue weighted by Crippen LogP contribution is 2.15. The van der Waals surface area contributed by atoms with Gasteiger partial charge in [-0.1, -0.05) is 12.1 Å². The Morgan fingerprint density at radius 3 is 2.95 bits per heavy atom. The molecule has 8 nitrogen and oxygen atoms in total. The molecule has 1 amide bonds. The molecule has 8 heteroatoms. The molecule has 0 aliphatic carbocycles. The van der Waals surface area contributed by atoms with E-state index in [-0.39, 0.29) is 11.9 Å². The molecule has 0 radical (unpaired) electrons. The number of nitrogens with zero attached hydrogens (tertiary/aromatic N) is 5. The highest BCUT2D eigenvalue weighted by molar-refractivity contribution is 5.92. The maximum atomic E-state index is 12.2. The number of carbonyl (C=O) groups excluding carboxylic acids is 1. The van der Waals surface area contributed by atoms with Crippen molar-refractivity contribution in [3.8, 4) is 0 Å². The van der Waals surface area contributed by atoms with Gasteiger partial charge in [0.15, 0.2) is 5.69 Å². The van der Waals surface area contributed by atoms with Gasteiger partial charge in [-0.2, -0.15) is 5.10 Å². The van der Waals surface area contributed by atoms with Crippen LogP contribution in [0.5, 0.6) is 0 Å². The van der Waals surface area contributed by atoms with Crippen LogP contribution in [0.15, 0.2) is 18.5 Å². The van der Waals surface area contributed by atoms with Gasteiger partial charge in [-0.25, -0.2) is 0 Å². The molecule has 2 rings (SSSR count). The van der Waals surface area contributed by atoms with Crippen LogP contribution in [0.2, 0.25) is 0 Å². The molecule has 0 unspecified atom stereocenters. The first kappa shape index (κ1) is 14.2. The number of aromatic nitrogens is 5. The molecule has 0 fully saturated rings. The van der Waals surface area contributed by atoms with E-state index in [1.807, 2.05) is 20.0 Å². The van der Waals surface area contributed by atoms with Crippen LogP contribution in [0.1, 0.15) is 35.6 Å². The summed E-state index contributed by atoms with van der Waals surface area (Å²) in [7, 11) is 1.85. The van der Waals surface area contributed by atoms with E-state index in [0.717, 1.165) is 12.1 Å². The second-order valence-electron chi connectivity index (χ2n) is 4.47. The molecule has 2 heterocycles. The van der Waals surface area contributed by atoms with E-state index in [1.54, 1.807) is 21.8 Å². The molecule has 3 N–H and O–H groups in total. The van der Waals surface area contributed by atoms with Crippen molar-refractivity contribution in [2.75, 3.05) is 6.54 Å². The van der Waals surface area contributed by atoms with Crippen LogP contribution in [0.4, 0.5) is 0 Å². The molecule has 0 bridgehead atoms. The maximum absolute atomic E-state index is 12.2. The molecule has 0 aliphatic rings. The summed E-state index contributed by atoms with van der Waals surface area (Å²) in [6.07, 6.45) is 4.07. The van der Waals surface area contributed by atoms with E-state index in [2.05, 4.69) is 20.7 Å². The predicted molar refractivity (Wildman–Crippen MR) is 72.8 cm³/mol. The van der Waals surface area contributed by atoms with E-state index < -0.39 is 0 Å². The molecule has 0 spiro atoms. The molecule has 2 aromatic rings. The van der Waals surface area contributed by atoms with E-state index in [9.17, 15) is 4.79 Å². The fourth-order valence-electron chi connectivity index (χ4n) is 1.99. The van der Waals surface area contributed by atoms with E-state index in [0.29, 0.717) is 18.8 Å². The third-order valence-corrected chi connectivity index (χ3v) is 3.06. The number of aryl methyl sites for hydroxylation is 1. The maximum Gasteiger partial charge on any atom is 0.273 e. The Morgan fingerprint density at radius 2 is 2.35 bits per heavy atom. The lowest BCUT2D eigenvalue weighted by molar-refractivity contribution is 0.0929. The molecule has 108 valence electrons. The summed E-state index contributed by atoms with van der Waals surface area (Å²) in [5, 5.41) is 14.7. The van der Waals surface area contributed by atoms with Gasteiger partial charge in [-0.15, -0.1) is 5.10 Å². The molecule has 1 atom stereocenters. The van der Waals surface area contributed by atoms with Crippen molar-refractivity contribution in [2.45, 2.75) is 25.9 Å². The Balaban J connectivity index is 2.07. The van der Waals surface area contributed by atoms with Crippen molar-refractivity contribution in [1.29, 1.82) is 0 Å². The third-order valence-electron chi connectivity index (χ3n) is 3.06. The van der Waals surface area contributed by atoms with Crippen LogP contribution in [0, 0.1) is 0 Å². The quantitative estimate of drug-likeness (QED) is 0.764. The number of rotatable bonds is 6. The van der Waals surface area contributed by atoms with Crippen molar-refractivity contribution in [2.24, 2.45) is 12.8 Å². The number of hydrogen-bond acceptors (Lipinski definition) is 5.